The summed E-state index contributed by atoms with van der Waals surface area (Å²) in [5.41, 5.74) is 0.375. The first-order valence-corrected chi connectivity index (χ1v) is 4.44. The first-order chi connectivity index (χ1) is 6.09. The Morgan fingerprint density at radius 3 is 2.77 bits per heavy atom. The molecule has 13 heavy (non-hydrogen) atoms. The van der Waals surface area contributed by atoms with Crippen LogP contribution < -0.4 is 0 Å². The van der Waals surface area contributed by atoms with Crippen molar-refractivity contribution in [1.29, 1.82) is 0 Å². The van der Waals surface area contributed by atoms with Gasteiger partial charge in [0.05, 0.1) is 0 Å². The molecule has 70 valence electrons. The standard InChI is InChI=1S/C8H7BrFNO2/c9-7-2-1-6(8(10)5-7)3-4-11(12)13/h1-2,5H,3-4H2. The fourth-order valence-electron chi connectivity index (χ4n) is 0.936. The summed E-state index contributed by atoms with van der Waals surface area (Å²) in [5, 5.41) is 10.0. The van der Waals surface area contributed by atoms with Gasteiger partial charge < -0.3 is 0 Å². The van der Waals surface area contributed by atoms with Crippen LogP contribution >= 0.6 is 15.9 Å². The van der Waals surface area contributed by atoms with Crippen molar-refractivity contribution in [2.75, 3.05) is 6.54 Å². The van der Waals surface area contributed by atoms with E-state index in [2.05, 4.69) is 15.9 Å². The van der Waals surface area contributed by atoms with Crippen LogP contribution in [0, 0.1) is 15.9 Å². The minimum absolute atomic E-state index is 0.131. The molecule has 0 aromatic heterocycles. The molecule has 0 heterocycles. The Hall–Kier alpha value is -0.970. The van der Waals surface area contributed by atoms with Gasteiger partial charge in [-0.25, -0.2) is 4.39 Å². The largest absolute Gasteiger partial charge is 0.265 e. The highest BCUT2D eigenvalue weighted by molar-refractivity contribution is 9.10. The summed E-state index contributed by atoms with van der Waals surface area (Å²) in [6, 6.07) is 4.51. The van der Waals surface area contributed by atoms with Crippen molar-refractivity contribution in [2.24, 2.45) is 0 Å². The van der Waals surface area contributed by atoms with Crippen LogP contribution in [-0.4, -0.2) is 11.5 Å². The van der Waals surface area contributed by atoms with Gasteiger partial charge in [-0.15, -0.1) is 0 Å². The molecule has 0 amide bonds. The lowest BCUT2D eigenvalue weighted by atomic mass is 10.1. The van der Waals surface area contributed by atoms with Crippen LogP contribution in [0.15, 0.2) is 22.7 Å². The van der Waals surface area contributed by atoms with Gasteiger partial charge in [0.1, 0.15) is 5.82 Å². The smallest absolute Gasteiger partial charge is 0.208 e. The monoisotopic (exact) mass is 247 g/mol. The lowest BCUT2D eigenvalue weighted by molar-refractivity contribution is -0.479. The summed E-state index contributed by atoms with van der Waals surface area (Å²) >= 11 is 3.10. The van der Waals surface area contributed by atoms with Gasteiger partial charge in [-0.3, -0.25) is 10.1 Å². The molecule has 1 aromatic rings. The van der Waals surface area contributed by atoms with E-state index >= 15 is 0 Å². The summed E-state index contributed by atoms with van der Waals surface area (Å²) in [6.45, 7) is -0.238. The van der Waals surface area contributed by atoms with Gasteiger partial charge in [-0.05, 0) is 17.7 Å². The molecule has 0 unspecified atom stereocenters. The molecule has 3 nitrogen and oxygen atoms in total. The zero-order valence-corrected chi connectivity index (χ0v) is 8.25. The third kappa shape index (κ3) is 3.10. The number of hydrogen-bond donors (Lipinski definition) is 0. The molecule has 0 spiro atoms. The van der Waals surface area contributed by atoms with E-state index in [1.165, 1.54) is 6.07 Å². The SMILES string of the molecule is O=[N+]([O-])CCc1ccc(Br)cc1F. The van der Waals surface area contributed by atoms with E-state index < -0.39 is 10.7 Å². The molecule has 0 aliphatic carbocycles. The molecule has 0 saturated carbocycles. The maximum absolute atomic E-state index is 13.0. The predicted octanol–water partition coefficient (Wildman–Crippen LogP) is 2.41. The summed E-state index contributed by atoms with van der Waals surface area (Å²) in [6.07, 6.45) is 0.131. The molecule has 0 fully saturated rings. The fraction of sp³-hybridized carbons (Fsp3) is 0.250. The van der Waals surface area contributed by atoms with Gasteiger partial charge in [0.25, 0.3) is 0 Å². The van der Waals surface area contributed by atoms with Gasteiger partial charge >= 0.3 is 0 Å². The van der Waals surface area contributed by atoms with Gasteiger partial charge in [0.15, 0.2) is 0 Å². The lowest BCUT2D eigenvalue weighted by Gasteiger charge is -1.99. The topological polar surface area (TPSA) is 43.1 Å². The van der Waals surface area contributed by atoms with Crippen molar-refractivity contribution in [3.05, 3.63) is 44.2 Å². The van der Waals surface area contributed by atoms with E-state index in [9.17, 15) is 14.5 Å². The normalized spacial score (nSPS) is 10.0. The quantitative estimate of drug-likeness (QED) is 0.608. The van der Waals surface area contributed by atoms with E-state index in [0.717, 1.165) is 0 Å². The number of rotatable bonds is 3. The van der Waals surface area contributed by atoms with Gasteiger partial charge in [-0.1, -0.05) is 22.0 Å². The van der Waals surface area contributed by atoms with Gasteiger partial charge in [0.2, 0.25) is 6.54 Å². The predicted molar refractivity (Wildman–Crippen MR) is 49.7 cm³/mol. The van der Waals surface area contributed by atoms with E-state index in [-0.39, 0.29) is 13.0 Å². The first kappa shape index (κ1) is 10.1. The van der Waals surface area contributed by atoms with Crippen molar-refractivity contribution in [2.45, 2.75) is 6.42 Å². The lowest BCUT2D eigenvalue weighted by Crippen LogP contribution is -2.05. The molecule has 1 rings (SSSR count). The summed E-state index contributed by atoms with van der Waals surface area (Å²) < 4.78 is 13.7. The molecule has 5 heteroatoms. The summed E-state index contributed by atoms with van der Waals surface area (Å²) in [4.78, 5) is 9.57. The van der Waals surface area contributed by atoms with Crippen molar-refractivity contribution in [3.8, 4) is 0 Å². The van der Waals surface area contributed by atoms with Crippen molar-refractivity contribution < 1.29 is 9.31 Å². The molecule has 0 saturated heterocycles. The summed E-state index contributed by atoms with van der Waals surface area (Å²) in [5.74, 6) is -0.406. The Morgan fingerprint density at radius 1 is 1.54 bits per heavy atom. The van der Waals surface area contributed by atoms with Crippen LogP contribution in [0.25, 0.3) is 0 Å². The van der Waals surface area contributed by atoms with Crippen LogP contribution in [0.4, 0.5) is 4.39 Å². The Morgan fingerprint density at radius 2 is 2.23 bits per heavy atom. The number of benzene rings is 1. The third-order valence-electron chi connectivity index (χ3n) is 1.58. The van der Waals surface area contributed by atoms with Crippen LogP contribution in [0.1, 0.15) is 5.56 Å². The maximum atomic E-state index is 13.0. The van der Waals surface area contributed by atoms with Gasteiger partial charge in [0, 0.05) is 15.8 Å². The molecule has 0 aliphatic heterocycles. The van der Waals surface area contributed by atoms with E-state index in [0.29, 0.717) is 10.0 Å². The van der Waals surface area contributed by atoms with Gasteiger partial charge in [-0.2, -0.15) is 0 Å². The highest BCUT2D eigenvalue weighted by Crippen LogP contribution is 2.15. The molecule has 0 bridgehead atoms. The number of nitrogens with zero attached hydrogens (tertiary/aromatic N) is 1. The Labute approximate surface area is 82.8 Å². The van der Waals surface area contributed by atoms with E-state index in [1.54, 1.807) is 12.1 Å². The average molecular weight is 248 g/mol. The maximum Gasteiger partial charge on any atom is 0.208 e. The first-order valence-electron chi connectivity index (χ1n) is 3.65. The number of halogens is 2. The second kappa shape index (κ2) is 4.32. The molecular formula is C8H7BrFNO2. The highest BCUT2D eigenvalue weighted by atomic mass is 79.9. The molecule has 0 aliphatic rings. The zero-order valence-electron chi connectivity index (χ0n) is 6.67. The van der Waals surface area contributed by atoms with E-state index in [1.807, 2.05) is 0 Å². The minimum Gasteiger partial charge on any atom is -0.265 e. The van der Waals surface area contributed by atoms with Crippen molar-refractivity contribution in [3.63, 3.8) is 0 Å². The van der Waals surface area contributed by atoms with Crippen LogP contribution in [-0.2, 0) is 6.42 Å². The number of hydrogen-bond acceptors (Lipinski definition) is 2. The molecule has 0 N–H and O–H groups in total. The Bertz CT molecular complexity index is 330. The second-order valence-corrected chi connectivity index (χ2v) is 3.46. The van der Waals surface area contributed by atoms with E-state index in [4.69, 9.17) is 0 Å². The second-order valence-electron chi connectivity index (χ2n) is 2.54. The molecule has 0 radical (unpaired) electrons. The summed E-state index contributed by atoms with van der Waals surface area (Å²) in [7, 11) is 0. The highest BCUT2D eigenvalue weighted by Gasteiger charge is 2.05. The zero-order chi connectivity index (χ0) is 9.84. The third-order valence-corrected chi connectivity index (χ3v) is 2.07. The van der Waals surface area contributed by atoms with Crippen molar-refractivity contribution >= 4 is 15.9 Å². The minimum atomic E-state index is -0.457. The average Bonchev–Trinajstić information content (AvgIpc) is 2.02. The molecular weight excluding hydrogens is 241 g/mol. The van der Waals surface area contributed by atoms with Crippen LogP contribution in [0.2, 0.25) is 0 Å². The fourth-order valence-corrected chi connectivity index (χ4v) is 1.27. The van der Waals surface area contributed by atoms with Crippen molar-refractivity contribution in [1.82, 2.24) is 0 Å². The Balaban J connectivity index is 2.72. The molecule has 0 atom stereocenters. The number of nitro groups is 1. The Kier molecular flexibility index (Phi) is 3.36. The molecule has 1 aromatic carbocycles. The van der Waals surface area contributed by atoms with Crippen LogP contribution in [0.5, 0.6) is 0 Å². The van der Waals surface area contributed by atoms with Crippen LogP contribution in [0.3, 0.4) is 0 Å².